The largest absolute Gasteiger partial charge is 0.478 e. The molecule has 0 bridgehead atoms. The highest BCUT2D eigenvalue weighted by Gasteiger charge is 2.21. The molecule has 0 aliphatic carbocycles. The van der Waals surface area contributed by atoms with E-state index in [9.17, 15) is 9.90 Å². The lowest BCUT2D eigenvalue weighted by Gasteiger charge is -2.38. The first kappa shape index (κ1) is 23.4. The van der Waals surface area contributed by atoms with Crippen LogP contribution in [0.3, 0.4) is 0 Å². The molecule has 1 fully saturated rings. The molecule has 34 heavy (non-hydrogen) atoms. The Morgan fingerprint density at radius 2 is 1.71 bits per heavy atom. The van der Waals surface area contributed by atoms with Crippen LogP contribution in [-0.2, 0) is 6.42 Å². The number of aliphatic imine (C=N–C) groups is 1. The van der Waals surface area contributed by atoms with E-state index in [4.69, 9.17) is 4.99 Å². The van der Waals surface area contributed by atoms with Gasteiger partial charge in [0.15, 0.2) is 5.96 Å². The van der Waals surface area contributed by atoms with Crippen LogP contribution >= 0.6 is 0 Å². The summed E-state index contributed by atoms with van der Waals surface area (Å²) < 4.78 is 0. The maximum absolute atomic E-state index is 11.4. The lowest BCUT2D eigenvalue weighted by Crippen LogP contribution is -2.51. The van der Waals surface area contributed by atoms with Gasteiger partial charge >= 0.3 is 5.97 Å². The lowest BCUT2D eigenvalue weighted by atomic mass is 10.1. The van der Waals surface area contributed by atoms with Crippen LogP contribution in [-0.4, -0.2) is 54.7 Å². The van der Waals surface area contributed by atoms with Crippen LogP contribution in [0, 0.1) is 13.8 Å². The van der Waals surface area contributed by atoms with Crippen LogP contribution in [0.4, 0.5) is 11.4 Å². The van der Waals surface area contributed by atoms with Gasteiger partial charge in [0.25, 0.3) is 0 Å². The molecule has 0 saturated carbocycles. The first-order valence-corrected chi connectivity index (χ1v) is 11.8. The lowest BCUT2D eigenvalue weighted by molar-refractivity contribution is 0.0697. The number of hydrogen-bond acceptors (Lipinski definition) is 3. The molecular weight excluding hydrogens is 424 g/mol. The molecule has 4 rings (SSSR count). The molecule has 0 unspecified atom stereocenters. The molecule has 0 radical (unpaired) electrons. The number of anilines is 2. The molecule has 2 N–H and O–H groups in total. The quantitative estimate of drug-likeness (QED) is 0.411. The zero-order chi connectivity index (χ0) is 23.9. The first-order chi connectivity index (χ1) is 16.5. The van der Waals surface area contributed by atoms with Gasteiger partial charge in [0.1, 0.15) is 0 Å². The van der Waals surface area contributed by atoms with Crippen molar-refractivity contribution in [2.24, 2.45) is 4.99 Å². The number of carbonyl (C=O) groups is 1. The van der Waals surface area contributed by atoms with Crippen molar-refractivity contribution in [3.63, 3.8) is 0 Å². The normalized spacial score (nSPS) is 14.2. The number of carboxylic acid groups (broad SMARTS) is 1. The number of carboxylic acids is 1. The summed E-state index contributed by atoms with van der Waals surface area (Å²) in [5, 5.41) is 12.8. The number of aromatic carboxylic acids is 1. The second-order valence-corrected chi connectivity index (χ2v) is 8.72. The van der Waals surface area contributed by atoms with Gasteiger partial charge in [0.05, 0.1) is 5.56 Å². The van der Waals surface area contributed by atoms with Crippen LogP contribution in [0.15, 0.2) is 77.8 Å². The second kappa shape index (κ2) is 10.9. The zero-order valence-electron chi connectivity index (χ0n) is 19.9. The predicted molar refractivity (Wildman–Crippen MR) is 139 cm³/mol. The van der Waals surface area contributed by atoms with Gasteiger partial charge < -0.3 is 20.2 Å². The van der Waals surface area contributed by atoms with E-state index in [1.54, 1.807) is 18.2 Å². The fourth-order valence-electron chi connectivity index (χ4n) is 4.23. The van der Waals surface area contributed by atoms with Gasteiger partial charge in [0, 0.05) is 44.1 Å². The topological polar surface area (TPSA) is 68.2 Å². The maximum Gasteiger partial charge on any atom is 0.335 e. The third-order valence-electron chi connectivity index (χ3n) is 6.16. The van der Waals surface area contributed by atoms with Crippen molar-refractivity contribution in [1.29, 1.82) is 0 Å². The number of benzene rings is 3. The highest BCUT2D eigenvalue weighted by molar-refractivity contribution is 5.96. The number of hydrogen-bond donors (Lipinski definition) is 2. The molecule has 6 heteroatoms. The Morgan fingerprint density at radius 1 is 0.941 bits per heavy atom. The molecule has 0 atom stereocenters. The second-order valence-electron chi connectivity index (χ2n) is 8.72. The third-order valence-corrected chi connectivity index (χ3v) is 6.16. The summed E-state index contributed by atoms with van der Waals surface area (Å²) in [4.78, 5) is 21.0. The van der Waals surface area contributed by atoms with Crippen molar-refractivity contribution < 1.29 is 9.90 Å². The molecule has 0 amide bonds. The molecule has 1 aliphatic heterocycles. The summed E-state index contributed by atoms with van der Waals surface area (Å²) in [6, 6.07) is 23.8. The van der Waals surface area contributed by atoms with E-state index in [0.717, 1.165) is 44.2 Å². The molecule has 1 heterocycles. The van der Waals surface area contributed by atoms with E-state index in [1.807, 2.05) is 24.3 Å². The highest BCUT2D eigenvalue weighted by Crippen LogP contribution is 2.23. The summed E-state index contributed by atoms with van der Waals surface area (Å²) in [6.45, 7) is 8.42. The molecule has 3 aromatic carbocycles. The zero-order valence-corrected chi connectivity index (χ0v) is 19.9. The first-order valence-electron chi connectivity index (χ1n) is 11.8. The fraction of sp³-hybridized carbons (Fsp3) is 0.286. The van der Waals surface area contributed by atoms with Gasteiger partial charge in [-0.3, -0.25) is 4.99 Å². The molecule has 1 aliphatic rings. The van der Waals surface area contributed by atoms with Crippen LogP contribution < -0.4 is 10.2 Å². The standard InChI is InChI=1S/C28H32N4O2/c1-21-11-12-22(2)26(19-21)31-15-17-32(18-16-31)28(29-14-13-23-7-4-3-5-8-23)30-25-10-6-9-24(20-25)27(33)34/h3-12,19-20H,13-18H2,1-2H3,(H,29,30)(H,33,34). The van der Waals surface area contributed by atoms with E-state index in [0.29, 0.717) is 6.54 Å². The van der Waals surface area contributed by atoms with E-state index in [2.05, 4.69) is 59.3 Å². The molecule has 6 nitrogen and oxygen atoms in total. The van der Waals surface area contributed by atoms with Crippen LogP contribution in [0.2, 0.25) is 0 Å². The van der Waals surface area contributed by atoms with E-state index in [1.165, 1.54) is 22.4 Å². The van der Waals surface area contributed by atoms with Gasteiger partial charge in [-0.25, -0.2) is 4.79 Å². The Morgan fingerprint density at radius 3 is 2.44 bits per heavy atom. The number of nitrogens with one attached hydrogen (secondary N) is 1. The Kier molecular flexibility index (Phi) is 7.48. The number of rotatable bonds is 6. The molecule has 1 saturated heterocycles. The Bertz CT molecular complexity index is 1150. The monoisotopic (exact) mass is 456 g/mol. The fourth-order valence-corrected chi connectivity index (χ4v) is 4.23. The molecule has 0 spiro atoms. The number of guanidine groups is 1. The van der Waals surface area contributed by atoms with Crippen molar-refractivity contribution in [1.82, 2.24) is 4.90 Å². The van der Waals surface area contributed by atoms with Crippen LogP contribution in [0.1, 0.15) is 27.0 Å². The number of piperazine rings is 1. The minimum atomic E-state index is -0.937. The van der Waals surface area contributed by atoms with Crippen molar-refractivity contribution in [3.05, 3.63) is 95.1 Å². The number of aryl methyl sites for hydroxylation is 2. The van der Waals surface area contributed by atoms with Crippen molar-refractivity contribution in [2.75, 3.05) is 42.9 Å². The Labute approximate surface area is 201 Å². The minimum absolute atomic E-state index is 0.258. The molecular formula is C28H32N4O2. The van der Waals surface area contributed by atoms with E-state index in [-0.39, 0.29) is 5.56 Å². The summed E-state index contributed by atoms with van der Waals surface area (Å²) >= 11 is 0. The van der Waals surface area contributed by atoms with Crippen LogP contribution in [0.25, 0.3) is 0 Å². The van der Waals surface area contributed by atoms with E-state index >= 15 is 0 Å². The minimum Gasteiger partial charge on any atom is -0.478 e. The predicted octanol–water partition coefficient (Wildman–Crippen LogP) is 4.83. The SMILES string of the molecule is Cc1ccc(C)c(N2CCN(C(=NCCc3ccccc3)Nc3cccc(C(=O)O)c3)CC2)c1. The van der Waals surface area contributed by atoms with Gasteiger partial charge in [-0.1, -0.05) is 48.5 Å². The summed E-state index contributed by atoms with van der Waals surface area (Å²) in [7, 11) is 0. The number of nitrogens with zero attached hydrogens (tertiary/aromatic N) is 3. The summed E-state index contributed by atoms with van der Waals surface area (Å²) in [6.07, 6.45) is 0.851. The van der Waals surface area contributed by atoms with Gasteiger partial charge in [-0.05, 0) is 61.2 Å². The van der Waals surface area contributed by atoms with Crippen molar-refractivity contribution >= 4 is 23.3 Å². The Balaban J connectivity index is 1.49. The summed E-state index contributed by atoms with van der Waals surface area (Å²) in [5.74, 6) is -0.146. The maximum atomic E-state index is 11.4. The summed E-state index contributed by atoms with van der Waals surface area (Å²) in [5.41, 5.74) is 6.09. The molecule has 176 valence electrons. The van der Waals surface area contributed by atoms with Crippen LogP contribution in [0.5, 0.6) is 0 Å². The highest BCUT2D eigenvalue weighted by atomic mass is 16.4. The smallest absolute Gasteiger partial charge is 0.335 e. The van der Waals surface area contributed by atoms with E-state index < -0.39 is 5.97 Å². The third kappa shape index (κ3) is 5.95. The van der Waals surface area contributed by atoms with Gasteiger partial charge in [-0.15, -0.1) is 0 Å². The van der Waals surface area contributed by atoms with Crippen molar-refractivity contribution in [2.45, 2.75) is 20.3 Å². The molecule has 3 aromatic rings. The molecule has 0 aromatic heterocycles. The van der Waals surface area contributed by atoms with Gasteiger partial charge in [-0.2, -0.15) is 0 Å². The average molecular weight is 457 g/mol. The van der Waals surface area contributed by atoms with Gasteiger partial charge in [0.2, 0.25) is 0 Å². The van der Waals surface area contributed by atoms with Crippen molar-refractivity contribution in [3.8, 4) is 0 Å². The average Bonchev–Trinajstić information content (AvgIpc) is 2.86. The Hall–Kier alpha value is -3.80.